The average molecular weight is 289 g/mol. The molecule has 0 radical (unpaired) electrons. The van der Waals surface area contributed by atoms with E-state index in [0.29, 0.717) is 6.42 Å². The van der Waals surface area contributed by atoms with Gasteiger partial charge in [-0.15, -0.1) is 0 Å². The van der Waals surface area contributed by atoms with E-state index >= 15 is 0 Å². The van der Waals surface area contributed by atoms with E-state index in [1.165, 1.54) is 10.9 Å². The molecule has 1 aromatic heterocycles. The zero-order valence-corrected chi connectivity index (χ0v) is 12.5. The number of carbonyl (C=O) groups excluding carboxylic acids is 1. The second kappa shape index (κ2) is 7.69. The molecule has 21 heavy (non-hydrogen) atoms. The molecule has 0 spiro atoms. The van der Waals surface area contributed by atoms with Gasteiger partial charge in [0.15, 0.2) is 0 Å². The van der Waals surface area contributed by atoms with Crippen molar-refractivity contribution in [2.75, 3.05) is 6.61 Å². The van der Waals surface area contributed by atoms with Crippen LogP contribution in [0.15, 0.2) is 30.5 Å². The molecule has 114 valence electrons. The molecule has 3 N–H and O–H groups in total. The maximum absolute atomic E-state index is 11.1. The van der Waals surface area contributed by atoms with Crippen LogP contribution >= 0.6 is 0 Å². The number of rotatable bonds is 8. The van der Waals surface area contributed by atoms with E-state index in [1.54, 1.807) is 0 Å². The number of ether oxygens (including phenoxy) is 1. The molecular weight excluding hydrogens is 266 g/mol. The van der Waals surface area contributed by atoms with Crippen LogP contribution in [0.4, 0.5) is 0 Å². The molecule has 0 bridgehead atoms. The van der Waals surface area contributed by atoms with E-state index in [2.05, 4.69) is 41.3 Å². The maximum Gasteiger partial charge on any atom is 0.233 e. The lowest BCUT2D eigenvalue weighted by molar-refractivity contribution is -0.121. The number of aromatic nitrogens is 1. The lowest BCUT2D eigenvalue weighted by Gasteiger charge is -2.07. The van der Waals surface area contributed by atoms with Crippen molar-refractivity contribution in [1.29, 1.82) is 0 Å². The molecule has 0 unspecified atom stereocenters. The second-order valence-corrected chi connectivity index (χ2v) is 5.10. The summed E-state index contributed by atoms with van der Waals surface area (Å²) in [4.78, 5) is 11.1. The lowest BCUT2D eigenvalue weighted by atomic mass is 10.2. The highest BCUT2D eigenvalue weighted by molar-refractivity contribution is 5.81. The molecule has 2 rings (SSSR count). The number of nitrogens with one attached hydrogen (secondary N) is 1. The number of hydrogen-bond donors (Lipinski definition) is 2. The van der Waals surface area contributed by atoms with Crippen LogP contribution in [-0.4, -0.2) is 17.1 Å². The third-order valence-corrected chi connectivity index (χ3v) is 3.43. The van der Waals surface area contributed by atoms with Gasteiger partial charge in [0.2, 0.25) is 5.91 Å². The summed E-state index contributed by atoms with van der Waals surface area (Å²) >= 11 is 0. The van der Waals surface area contributed by atoms with Crippen LogP contribution in [0.1, 0.15) is 32.6 Å². The first-order valence-electron chi connectivity index (χ1n) is 7.45. The predicted molar refractivity (Wildman–Crippen MR) is 83.9 cm³/mol. The van der Waals surface area contributed by atoms with Crippen LogP contribution in [0, 0.1) is 0 Å². The minimum absolute atomic E-state index is 0.106. The Morgan fingerprint density at radius 1 is 1.33 bits per heavy atom. The Morgan fingerprint density at radius 2 is 2.19 bits per heavy atom. The van der Waals surface area contributed by atoms with Crippen LogP contribution in [0.3, 0.4) is 0 Å². The number of unbranched alkanes of at least 4 members (excludes halogenated alkanes) is 1. The zero-order valence-electron chi connectivity index (χ0n) is 12.5. The van der Waals surface area contributed by atoms with Crippen molar-refractivity contribution in [2.45, 2.75) is 39.2 Å². The third kappa shape index (κ3) is 4.23. The highest BCUT2D eigenvalue weighted by Gasteiger charge is 2.04. The summed E-state index contributed by atoms with van der Waals surface area (Å²) in [5.41, 5.74) is 3.35. The number of nitrogens with two attached hydrogens (primary N) is 1. The molecule has 1 heterocycles. The molecule has 0 aliphatic carbocycles. The standard InChI is InChI=1S/C16H23N3O2/c1-2-11-21-14-6-7-15-13(12-14)8-10-19(15)9-4-3-5-16(20)18-17/h6-8,10,12H,2-5,9,11,17H2,1H3,(H,18,20). The highest BCUT2D eigenvalue weighted by Crippen LogP contribution is 2.22. The number of benzene rings is 1. The van der Waals surface area contributed by atoms with E-state index < -0.39 is 0 Å². The molecule has 0 aliphatic rings. The van der Waals surface area contributed by atoms with Gasteiger partial charge in [-0.2, -0.15) is 0 Å². The predicted octanol–water partition coefficient (Wildman–Crippen LogP) is 2.59. The number of aryl methyl sites for hydroxylation is 1. The van der Waals surface area contributed by atoms with Crippen molar-refractivity contribution in [3.8, 4) is 5.75 Å². The minimum Gasteiger partial charge on any atom is -0.494 e. The Kier molecular flexibility index (Phi) is 5.63. The Balaban J connectivity index is 1.93. The normalized spacial score (nSPS) is 10.8. The Morgan fingerprint density at radius 3 is 2.95 bits per heavy atom. The van der Waals surface area contributed by atoms with Gasteiger partial charge < -0.3 is 9.30 Å². The molecule has 0 atom stereocenters. The number of amides is 1. The number of fused-ring (bicyclic) bond motifs is 1. The maximum atomic E-state index is 11.1. The summed E-state index contributed by atoms with van der Waals surface area (Å²) in [6.45, 7) is 3.74. The summed E-state index contributed by atoms with van der Waals surface area (Å²) in [6, 6.07) is 8.27. The quantitative estimate of drug-likeness (QED) is 0.340. The molecular formula is C16H23N3O2. The van der Waals surface area contributed by atoms with Gasteiger partial charge in [-0.05, 0) is 43.5 Å². The van der Waals surface area contributed by atoms with Gasteiger partial charge in [0, 0.05) is 30.1 Å². The molecule has 1 amide bonds. The fraction of sp³-hybridized carbons (Fsp3) is 0.438. The van der Waals surface area contributed by atoms with Gasteiger partial charge in [0.05, 0.1) is 6.61 Å². The molecule has 5 nitrogen and oxygen atoms in total. The third-order valence-electron chi connectivity index (χ3n) is 3.43. The molecule has 0 saturated carbocycles. The van der Waals surface area contributed by atoms with E-state index in [0.717, 1.165) is 38.2 Å². The van der Waals surface area contributed by atoms with Crippen molar-refractivity contribution >= 4 is 16.8 Å². The monoisotopic (exact) mass is 289 g/mol. The summed E-state index contributed by atoms with van der Waals surface area (Å²) in [7, 11) is 0. The summed E-state index contributed by atoms with van der Waals surface area (Å²) in [5.74, 6) is 5.87. The van der Waals surface area contributed by atoms with E-state index in [-0.39, 0.29) is 5.91 Å². The first kappa shape index (κ1) is 15.4. The SMILES string of the molecule is CCCOc1ccc2c(ccn2CCCCC(=O)NN)c1. The number of hydrazine groups is 1. The molecule has 0 fully saturated rings. The molecule has 2 aromatic rings. The smallest absolute Gasteiger partial charge is 0.233 e. The second-order valence-electron chi connectivity index (χ2n) is 5.10. The van der Waals surface area contributed by atoms with Crippen LogP contribution in [0.25, 0.3) is 10.9 Å². The van der Waals surface area contributed by atoms with E-state index in [4.69, 9.17) is 10.6 Å². The number of hydrogen-bond acceptors (Lipinski definition) is 3. The van der Waals surface area contributed by atoms with E-state index in [1.807, 2.05) is 6.07 Å². The topological polar surface area (TPSA) is 69.3 Å². The van der Waals surface area contributed by atoms with Crippen LogP contribution in [-0.2, 0) is 11.3 Å². The highest BCUT2D eigenvalue weighted by atomic mass is 16.5. The zero-order chi connectivity index (χ0) is 15.1. The van der Waals surface area contributed by atoms with Crippen molar-refractivity contribution in [2.24, 2.45) is 5.84 Å². The summed E-state index contributed by atoms with van der Waals surface area (Å²) in [6.07, 6.45) is 5.35. The largest absolute Gasteiger partial charge is 0.494 e. The van der Waals surface area contributed by atoms with Crippen molar-refractivity contribution < 1.29 is 9.53 Å². The molecule has 0 aliphatic heterocycles. The van der Waals surface area contributed by atoms with Gasteiger partial charge in [0.1, 0.15) is 5.75 Å². The van der Waals surface area contributed by atoms with Crippen LogP contribution in [0.2, 0.25) is 0 Å². The number of carbonyl (C=O) groups is 1. The lowest BCUT2D eigenvalue weighted by Crippen LogP contribution is -2.29. The Bertz CT molecular complexity index is 592. The van der Waals surface area contributed by atoms with Gasteiger partial charge in [-0.3, -0.25) is 10.2 Å². The van der Waals surface area contributed by atoms with Gasteiger partial charge in [-0.25, -0.2) is 5.84 Å². The van der Waals surface area contributed by atoms with Crippen molar-refractivity contribution in [3.05, 3.63) is 30.5 Å². The molecule has 5 heteroatoms. The first-order valence-corrected chi connectivity index (χ1v) is 7.45. The van der Waals surface area contributed by atoms with Crippen LogP contribution < -0.4 is 16.0 Å². The van der Waals surface area contributed by atoms with Crippen molar-refractivity contribution in [3.63, 3.8) is 0 Å². The fourth-order valence-electron chi connectivity index (χ4n) is 2.32. The van der Waals surface area contributed by atoms with Gasteiger partial charge in [-0.1, -0.05) is 6.92 Å². The minimum atomic E-state index is -0.106. The summed E-state index contributed by atoms with van der Waals surface area (Å²) in [5, 5.41) is 1.18. The molecule has 1 aromatic carbocycles. The fourth-order valence-corrected chi connectivity index (χ4v) is 2.32. The first-order chi connectivity index (χ1) is 10.2. The van der Waals surface area contributed by atoms with Gasteiger partial charge in [0.25, 0.3) is 0 Å². The van der Waals surface area contributed by atoms with Gasteiger partial charge >= 0.3 is 0 Å². The summed E-state index contributed by atoms with van der Waals surface area (Å²) < 4.78 is 7.85. The average Bonchev–Trinajstić information content (AvgIpc) is 2.91. The van der Waals surface area contributed by atoms with Crippen LogP contribution in [0.5, 0.6) is 5.75 Å². The van der Waals surface area contributed by atoms with Crippen molar-refractivity contribution in [1.82, 2.24) is 9.99 Å². The van der Waals surface area contributed by atoms with E-state index in [9.17, 15) is 4.79 Å². The Labute approximate surface area is 125 Å². The number of nitrogens with zero attached hydrogens (tertiary/aromatic N) is 1. The molecule has 0 saturated heterocycles. The Hall–Kier alpha value is -2.01.